The molecule has 0 bridgehead atoms. The monoisotopic (exact) mass is 317 g/mol. The Balaban J connectivity index is 1.48. The Hall–Kier alpha value is -2.16. The van der Waals surface area contributed by atoms with Crippen LogP contribution < -0.4 is 0 Å². The topological polar surface area (TPSA) is 23.5 Å². The van der Waals surface area contributed by atoms with E-state index in [1.165, 1.54) is 16.3 Å². The van der Waals surface area contributed by atoms with Gasteiger partial charge in [0.15, 0.2) is 0 Å². The van der Waals surface area contributed by atoms with Crippen LogP contribution in [0.2, 0.25) is 0 Å². The Bertz CT molecular complexity index is 820. The zero-order valence-corrected chi connectivity index (χ0v) is 13.9. The molecule has 0 saturated carbocycles. The molecule has 122 valence electrons. The number of aliphatic hydroxyl groups is 1. The fourth-order valence-corrected chi connectivity index (χ4v) is 3.69. The summed E-state index contributed by atoms with van der Waals surface area (Å²) in [6.45, 7) is 2.82. The highest BCUT2D eigenvalue weighted by Gasteiger charge is 2.33. The van der Waals surface area contributed by atoms with Gasteiger partial charge < -0.3 is 5.11 Å². The van der Waals surface area contributed by atoms with E-state index < -0.39 is 5.60 Å². The van der Waals surface area contributed by atoms with E-state index in [0.717, 1.165) is 38.0 Å². The summed E-state index contributed by atoms with van der Waals surface area (Å²) in [6.07, 6.45) is 1.58. The van der Waals surface area contributed by atoms with Crippen LogP contribution in [0.25, 0.3) is 10.8 Å². The van der Waals surface area contributed by atoms with Crippen molar-refractivity contribution in [2.45, 2.75) is 25.0 Å². The Morgan fingerprint density at radius 2 is 1.46 bits per heavy atom. The Labute approximate surface area is 143 Å². The van der Waals surface area contributed by atoms with Crippen LogP contribution in [-0.2, 0) is 12.1 Å². The maximum absolute atomic E-state index is 11.2. The molecule has 1 aliphatic rings. The van der Waals surface area contributed by atoms with Gasteiger partial charge in [-0.05, 0) is 40.8 Å². The molecule has 0 amide bonds. The standard InChI is InChI=1S/C22H23NO/c24-22(21-11-10-19-8-4-5-9-20(19)16-21)12-14-23(15-13-22)17-18-6-2-1-3-7-18/h1-11,16,24H,12-15,17H2. The van der Waals surface area contributed by atoms with E-state index in [1.807, 2.05) is 0 Å². The molecule has 2 nitrogen and oxygen atoms in total. The molecule has 0 atom stereocenters. The molecule has 3 aromatic rings. The second kappa shape index (κ2) is 6.39. The molecule has 1 aliphatic heterocycles. The molecule has 1 fully saturated rings. The van der Waals surface area contributed by atoms with Gasteiger partial charge in [0.2, 0.25) is 0 Å². The zero-order chi connectivity index (χ0) is 16.4. The van der Waals surface area contributed by atoms with Gasteiger partial charge >= 0.3 is 0 Å². The minimum Gasteiger partial charge on any atom is -0.385 e. The smallest absolute Gasteiger partial charge is 0.0921 e. The molecule has 0 aliphatic carbocycles. The van der Waals surface area contributed by atoms with Crippen LogP contribution >= 0.6 is 0 Å². The molecule has 1 heterocycles. The van der Waals surface area contributed by atoms with Crippen molar-refractivity contribution in [3.8, 4) is 0 Å². The fraction of sp³-hybridized carbons (Fsp3) is 0.273. The molecule has 3 aromatic carbocycles. The summed E-state index contributed by atoms with van der Waals surface area (Å²) < 4.78 is 0. The lowest BCUT2D eigenvalue weighted by atomic mass is 9.83. The number of benzene rings is 3. The van der Waals surface area contributed by atoms with Gasteiger partial charge in [-0.1, -0.05) is 66.7 Å². The van der Waals surface area contributed by atoms with Crippen LogP contribution in [0.3, 0.4) is 0 Å². The SMILES string of the molecule is OC1(c2ccc3ccccc3c2)CCN(Cc2ccccc2)CC1. The minimum atomic E-state index is -0.697. The van der Waals surface area contributed by atoms with E-state index in [1.54, 1.807) is 0 Å². The predicted molar refractivity (Wildman–Crippen MR) is 98.8 cm³/mol. The van der Waals surface area contributed by atoms with Crippen molar-refractivity contribution in [3.05, 3.63) is 83.9 Å². The van der Waals surface area contributed by atoms with Gasteiger partial charge in [-0.2, -0.15) is 0 Å². The number of piperidine rings is 1. The first-order valence-electron chi connectivity index (χ1n) is 8.71. The third-order valence-electron chi connectivity index (χ3n) is 5.22. The van der Waals surface area contributed by atoms with Gasteiger partial charge in [-0.15, -0.1) is 0 Å². The molecular formula is C22H23NO. The van der Waals surface area contributed by atoms with Crippen molar-refractivity contribution in [1.82, 2.24) is 4.90 Å². The van der Waals surface area contributed by atoms with Crippen LogP contribution in [0.5, 0.6) is 0 Å². The maximum atomic E-state index is 11.2. The molecule has 0 radical (unpaired) electrons. The highest BCUT2D eigenvalue weighted by Crippen LogP contribution is 2.34. The summed E-state index contributed by atoms with van der Waals surface area (Å²) in [5.74, 6) is 0. The Kier molecular flexibility index (Phi) is 4.09. The Morgan fingerprint density at radius 3 is 2.21 bits per heavy atom. The van der Waals surface area contributed by atoms with Gasteiger partial charge in [0, 0.05) is 19.6 Å². The third kappa shape index (κ3) is 3.08. The molecule has 24 heavy (non-hydrogen) atoms. The largest absolute Gasteiger partial charge is 0.385 e. The molecule has 0 aromatic heterocycles. The van der Waals surface area contributed by atoms with E-state index in [2.05, 4.69) is 77.7 Å². The van der Waals surface area contributed by atoms with Crippen molar-refractivity contribution in [1.29, 1.82) is 0 Å². The summed E-state index contributed by atoms with van der Waals surface area (Å²) in [7, 11) is 0. The van der Waals surface area contributed by atoms with Gasteiger partial charge in [0.25, 0.3) is 0 Å². The molecular weight excluding hydrogens is 294 g/mol. The van der Waals surface area contributed by atoms with Crippen LogP contribution in [0.1, 0.15) is 24.0 Å². The third-order valence-corrected chi connectivity index (χ3v) is 5.22. The quantitative estimate of drug-likeness (QED) is 0.777. The number of nitrogens with zero attached hydrogens (tertiary/aromatic N) is 1. The highest BCUT2D eigenvalue weighted by atomic mass is 16.3. The number of fused-ring (bicyclic) bond motifs is 1. The minimum absolute atomic E-state index is 0.697. The summed E-state index contributed by atoms with van der Waals surface area (Å²) >= 11 is 0. The Morgan fingerprint density at radius 1 is 0.792 bits per heavy atom. The van der Waals surface area contributed by atoms with Crippen LogP contribution in [0, 0.1) is 0 Å². The van der Waals surface area contributed by atoms with E-state index >= 15 is 0 Å². The molecule has 1 saturated heterocycles. The summed E-state index contributed by atoms with van der Waals surface area (Å²) in [4.78, 5) is 2.44. The number of likely N-dealkylation sites (tertiary alicyclic amines) is 1. The van der Waals surface area contributed by atoms with Gasteiger partial charge in [0.05, 0.1) is 5.60 Å². The lowest BCUT2D eigenvalue weighted by Crippen LogP contribution is -2.42. The lowest BCUT2D eigenvalue weighted by Gasteiger charge is -2.38. The molecule has 0 unspecified atom stereocenters. The van der Waals surface area contributed by atoms with Crippen LogP contribution in [-0.4, -0.2) is 23.1 Å². The maximum Gasteiger partial charge on any atom is 0.0921 e. The van der Waals surface area contributed by atoms with Gasteiger partial charge in [-0.3, -0.25) is 4.90 Å². The van der Waals surface area contributed by atoms with E-state index in [-0.39, 0.29) is 0 Å². The van der Waals surface area contributed by atoms with Crippen molar-refractivity contribution in [2.75, 3.05) is 13.1 Å². The van der Waals surface area contributed by atoms with E-state index in [0.29, 0.717) is 0 Å². The predicted octanol–water partition coefficient (Wildman–Crippen LogP) is 4.32. The average molecular weight is 317 g/mol. The average Bonchev–Trinajstić information content (AvgIpc) is 2.64. The second-order valence-corrected chi connectivity index (χ2v) is 6.86. The molecule has 1 N–H and O–H groups in total. The normalized spacial score (nSPS) is 17.9. The van der Waals surface area contributed by atoms with Crippen LogP contribution in [0.4, 0.5) is 0 Å². The first-order chi connectivity index (χ1) is 11.7. The van der Waals surface area contributed by atoms with Gasteiger partial charge in [-0.25, -0.2) is 0 Å². The molecule has 0 spiro atoms. The van der Waals surface area contributed by atoms with E-state index in [9.17, 15) is 5.11 Å². The highest BCUT2D eigenvalue weighted by molar-refractivity contribution is 5.83. The fourth-order valence-electron chi connectivity index (χ4n) is 3.69. The van der Waals surface area contributed by atoms with E-state index in [4.69, 9.17) is 0 Å². The lowest BCUT2D eigenvalue weighted by molar-refractivity contribution is -0.0276. The van der Waals surface area contributed by atoms with Crippen molar-refractivity contribution in [2.24, 2.45) is 0 Å². The van der Waals surface area contributed by atoms with Gasteiger partial charge in [0.1, 0.15) is 0 Å². The van der Waals surface area contributed by atoms with Crippen molar-refractivity contribution < 1.29 is 5.11 Å². The second-order valence-electron chi connectivity index (χ2n) is 6.86. The van der Waals surface area contributed by atoms with Crippen molar-refractivity contribution in [3.63, 3.8) is 0 Å². The number of hydrogen-bond acceptors (Lipinski definition) is 2. The summed E-state index contributed by atoms with van der Waals surface area (Å²) in [5.41, 5.74) is 1.70. The summed E-state index contributed by atoms with van der Waals surface area (Å²) in [5, 5.41) is 13.6. The summed E-state index contributed by atoms with van der Waals surface area (Å²) in [6, 6.07) is 25.3. The zero-order valence-electron chi connectivity index (χ0n) is 13.9. The molecule has 4 rings (SSSR count). The van der Waals surface area contributed by atoms with Crippen LogP contribution in [0.15, 0.2) is 72.8 Å². The first kappa shape index (κ1) is 15.4. The number of rotatable bonds is 3. The number of hydrogen-bond donors (Lipinski definition) is 1. The molecule has 2 heteroatoms. The van der Waals surface area contributed by atoms with Crippen molar-refractivity contribution >= 4 is 10.8 Å². The first-order valence-corrected chi connectivity index (χ1v) is 8.71.